The fraction of sp³-hybridized carbons (Fsp3) is 0.579. The Bertz CT molecular complexity index is 709. The molecule has 2 heterocycles. The molecule has 0 radical (unpaired) electrons. The number of halogens is 1. The number of nitrogens with zero attached hydrogens (tertiary/aromatic N) is 3. The van der Waals surface area contributed by atoms with E-state index in [9.17, 15) is 14.0 Å². The molecule has 2 saturated heterocycles. The summed E-state index contributed by atoms with van der Waals surface area (Å²) in [7, 11) is 0. The van der Waals surface area contributed by atoms with Crippen molar-refractivity contribution in [1.29, 1.82) is 0 Å². The highest BCUT2D eigenvalue weighted by Gasteiger charge is 2.33. The Kier molecular flexibility index (Phi) is 6.69. The van der Waals surface area contributed by atoms with Crippen LogP contribution in [0.3, 0.4) is 0 Å². The van der Waals surface area contributed by atoms with E-state index in [1.807, 2.05) is 4.90 Å². The zero-order valence-corrected chi connectivity index (χ0v) is 16.4. The van der Waals surface area contributed by atoms with Gasteiger partial charge < -0.3 is 20.3 Å². The van der Waals surface area contributed by atoms with Crippen LogP contribution in [0.2, 0.25) is 0 Å². The standard InChI is InChI=1S/C19H28FN5O3/c1-3-21-13-23-6-8-24(9-7-23)18-5-4-15(10-17(18)20)25-12-16(28-19(25)27)11-22-14(2)26/h4-5,10,16,21H,3,6-9,11-13H2,1-2H3,(H,22,26). The summed E-state index contributed by atoms with van der Waals surface area (Å²) in [5.41, 5.74) is 1.01. The van der Waals surface area contributed by atoms with Gasteiger partial charge in [0.2, 0.25) is 5.91 Å². The lowest BCUT2D eigenvalue weighted by atomic mass is 10.2. The van der Waals surface area contributed by atoms with Crippen LogP contribution in [0.4, 0.5) is 20.6 Å². The summed E-state index contributed by atoms with van der Waals surface area (Å²) < 4.78 is 20.0. The first kappa shape index (κ1) is 20.3. The Hall–Kier alpha value is -2.39. The Labute approximate surface area is 164 Å². The monoisotopic (exact) mass is 393 g/mol. The van der Waals surface area contributed by atoms with Gasteiger partial charge in [-0.3, -0.25) is 14.6 Å². The van der Waals surface area contributed by atoms with Crippen LogP contribution in [0.25, 0.3) is 0 Å². The number of benzene rings is 1. The number of hydrogen-bond acceptors (Lipinski definition) is 6. The van der Waals surface area contributed by atoms with Gasteiger partial charge in [-0.05, 0) is 24.7 Å². The predicted octanol–water partition coefficient (Wildman–Crippen LogP) is 0.976. The molecule has 8 nitrogen and oxygen atoms in total. The number of amides is 2. The van der Waals surface area contributed by atoms with E-state index in [1.165, 1.54) is 17.9 Å². The zero-order chi connectivity index (χ0) is 20.1. The van der Waals surface area contributed by atoms with Crippen LogP contribution in [0.5, 0.6) is 0 Å². The SMILES string of the molecule is CCNCN1CCN(c2ccc(N3CC(CNC(C)=O)OC3=O)cc2F)CC1. The van der Waals surface area contributed by atoms with Crippen LogP contribution in [-0.2, 0) is 9.53 Å². The predicted molar refractivity (Wildman–Crippen MR) is 105 cm³/mol. The highest BCUT2D eigenvalue weighted by atomic mass is 19.1. The number of ether oxygens (including phenoxy) is 1. The van der Waals surface area contributed by atoms with E-state index >= 15 is 0 Å². The molecule has 0 spiro atoms. The molecular weight excluding hydrogens is 365 g/mol. The summed E-state index contributed by atoms with van der Waals surface area (Å²) in [6.45, 7) is 9.04. The van der Waals surface area contributed by atoms with E-state index in [4.69, 9.17) is 4.74 Å². The van der Waals surface area contributed by atoms with Crippen molar-refractivity contribution < 1.29 is 18.7 Å². The van der Waals surface area contributed by atoms with Gasteiger partial charge in [-0.25, -0.2) is 9.18 Å². The van der Waals surface area contributed by atoms with E-state index < -0.39 is 12.2 Å². The molecule has 1 atom stereocenters. The van der Waals surface area contributed by atoms with Crippen LogP contribution in [0.1, 0.15) is 13.8 Å². The van der Waals surface area contributed by atoms with Crippen LogP contribution >= 0.6 is 0 Å². The van der Waals surface area contributed by atoms with Gasteiger partial charge >= 0.3 is 6.09 Å². The van der Waals surface area contributed by atoms with Crippen molar-refractivity contribution in [3.05, 3.63) is 24.0 Å². The van der Waals surface area contributed by atoms with E-state index in [1.54, 1.807) is 12.1 Å². The maximum atomic E-state index is 14.8. The Morgan fingerprint density at radius 3 is 2.68 bits per heavy atom. The Balaban J connectivity index is 1.60. The first-order valence-electron chi connectivity index (χ1n) is 9.68. The minimum atomic E-state index is -0.528. The molecule has 1 unspecified atom stereocenters. The third kappa shape index (κ3) is 4.90. The molecule has 0 aliphatic carbocycles. The highest BCUT2D eigenvalue weighted by molar-refractivity contribution is 5.90. The second-order valence-corrected chi connectivity index (χ2v) is 7.06. The van der Waals surface area contributed by atoms with Gasteiger partial charge in [0.05, 0.1) is 24.5 Å². The van der Waals surface area contributed by atoms with Crippen molar-refractivity contribution in [3.8, 4) is 0 Å². The summed E-state index contributed by atoms with van der Waals surface area (Å²) >= 11 is 0. The largest absolute Gasteiger partial charge is 0.442 e. The number of rotatable bonds is 7. The van der Waals surface area contributed by atoms with E-state index in [0.717, 1.165) is 39.4 Å². The van der Waals surface area contributed by atoms with Crippen molar-refractivity contribution in [2.24, 2.45) is 0 Å². The molecule has 2 aliphatic heterocycles. The normalized spacial score (nSPS) is 20.4. The minimum absolute atomic E-state index is 0.185. The second kappa shape index (κ2) is 9.20. The molecule has 2 N–H and O–H groups in total. The third-order valence-electron chi connectivity index (χ3n) is 4.99. The van der Waals surface area contributed by atoms with Crippen LogP contribution in [-0.4, -0.2) is 75.5 Å². The maximum Gasteiger partial charge on any atom is 0.414 e. The molecular formula is C19H28FN5O3. The van der Waals surface area contributed by atoms with Crippen molar-refractivity contribution in [2.45, 2.75) is 20.0 Å². The lowest BCUT2D eigenvalue weighted by molar-refractivity contribution is -0.119. The molecule has 1 aromatic carbocycles. The van der Waals surface area contributed by atoms with Crippen molar-refractivity contribution in [2.75, 3.05) is 62.3 Å². The third-order valence-corrected chi connectivity index (χ3v) is 4.99. The molecule has 2 amide bonds. The molecule has 28 heavy (non-hydrogen) atoms. The summed E-state index contributed by atoms with van der Waals surface area (Å²) in [5, 5.41) is 5.93. The summed E-state index contributed by atoms with van der Waals surface area (Å²) in [4.78, 5) is 28.8. The van der Waals surface area contributed by atoms with Crippen molar-refractivity contribution >= 4 is 23.4 Å². The van der Waals surface area contributed by atoms with Gasteiger partial charge in [-0.1, -0.05) is 6.92 Å². The van der Waals surface area contributed by atoms with Crippen LogP contribution < -0.4 is 20.4 Å². The van der Waals surface area contributed by atoms with E-state index in [-0.39, 0.29) is 24.8 Å². The van der Waals surface area contributed by atoms with Gasteiger partial charge in [-0.15, -0.1) is 0 Å². The summed E-state index contributed by atoms with van der Waals surface area (Å²) in [6.07, 6.45) is -0.969. The zero-order valence-electron chi connectivity index (χ0n) is 16.4. The first-order chi connectivity index (χ1) is 13.5. The molecule has 0 saturated carbocycles. The smallest absolute Gasteiger partial charge is 0.414 e. The average molecular weight is 393 g/mol. The number of anilines is 2. The maximum absolute atomic E-state index is 14.8. The quantitative estimate of drug-likeness (QED) is 0.719. The molecule has 2 aliphatic rings. The number of nitrogens with one attached hydrogen (secondary N) is 2. The number of carbonyl (C=O) groups excluding carboxylic acids is 2. The minimum Gasteiger partial charge on any atom is -0.442 e. The van der Waals surface area contributed by atoms with Crippen LogP contribution in [0, 0.1) is 5.82 Å². The van der Waals surface area contributed by atoms with Gasteiger partial charge in [0.1, 0.15) is 11.9 Å². The molecule has 2 fully saturated rings. The number of cyclic esters (lactones) is 1. The van der Waals surface area contributed by atoms with E-state index in [0.29, 0.717) is 11.4 Å². The number of carbonyl (C=O) groups is 2. The second-order valence-electron chi connectivity index (χ2n) is 7.06. The molecule has 154 valence electrons. The van der Waals surface area contributed by atoms with Crippen LogP contribution in [0.15, 0.2) is 18.2 Å². The van der Waals surface area contributed by atoms with Crippen molar-refractivity contribution in [3.63, 3.8) is 0 Å². The van der Waals surface area contributed by atoms with E-state index in [2.05, 4.69) is 22.5 Å². The number of hydrogen-bond donors (Lipinski definition) is 2. The topological polar surface area (TPSA) is 77.2 Å². The summed E-state index contributed by atoms with van der Waals surface area (Å²) in [5.74, 6) is -0.536. The molecule has 3 rings (SSSR count). The fourth-order valence-corrected chi connectivity index (χ4v) is 3.43. The lowest BCUT2D eigenvalue weighted by Crippen LogP contribution is -2.49. The summed E-state index contributed by atoms with van der Waals surface area (Å²) in [6, 6.07) is 4.84. The Morgan fingerprint density at radius 2 is 2.04 bits per heavy atom. The van der Waals surface area contributed by atoms with Gasteiger partial charge in [-0.2, -0.15) is 0 Å². The lowest BCUT2D eigenvalue weighted by Gasteiger charge is -2.36. The van der Waals surface area contributed by atoms with Gasteiger partial charge in [0.15, 0.2) is 0 Å². The fourth-order valence-electron chi connectivity index (χ4n) is 3.43. The molecule has 0 bridgehead atoms. The van der Waals surface area contributed by atoms with Crippen molar-refractivity contribution in [1.82, 2.24) is 15.5 Å². The average Bonchev–Trinajstić information content (AvgIpc) is 3.06. The first-order valence-corrected chi connectivity index (χ1v) is 9.68. The highest BCUT2D eigenvalue weighted by Crippen LogP contribution is 2.28. The van der Waals surface area contributed by atoms with Gasteiger partial charge in [0, 0.05) is 39.8 Å². The molecule has 0 aromatic heterocycles. The molecule has 9 heteroatoms. The Morgan fingerprint density at radius 1 is 1.29 bits per heavy atom. The molecule has 1 aromatic rings. The van der Waals surface area contributed by atoms with Gasteiger partial charge in [0.25, 0.3) is 0 Å². The number of piperazine rings is 1.